The van der Waals surface area contributed by atoms with Crippen LogP contribution in [-0.2, 0) is 9.53 Å². The van der Waals surface area contributed by atoms with Crippen molar-refractivity contribution < 1.29 is 19.1 Å². The highest BCUT2D eigenvalue weighted by molar-refractivity contribution is 5.93. The van der Waals surface area contributed by atoms with E-state index in [4.69, 9.17) is 10.5 Å². The quantitative estimate of drug-likeness (QED) is 0.641. The number of carbonyl (C=O) groups is 2. The van der Waals surface area contributed by atoms with Crippen molar-refractivity contribution in [2.75, 3.05) is 19.5 Å². The Balaban J connectivity index is 2.78. The van der Waals surface area contributed by atoms with Gasteiger partial charge in [0.15, 0.2) is 6.61 Å². The first kappa shape index (κ1) is 15.8. The lowest BCUT2D eigenvalue weighted by molar-refractivity contribution is -0.124. The van der Waals surface area contributed by atoms with Crippen LogP contribution in [0.2, 0.25) is 0 Å². The van der Waals surface area contributed by atoms with Crippen molar-refractivity contribution in [3.8, 4) is 5.75 Å². The summed E-state index contributed by atoms with van der Waals surface area (Å²) in [6.45, 7) is 5.42. The summed E-state index contributed by atoms with van der Waals surface area (Å²) in [6.07, 6.45) is 0. The summed E-state index contributed by atoms with van der Waals surface area (Å²) in [4.78, 5) is 23.3. The van der Waals surface area contributed by atoms with Gasteiger partial charge in [0.05, 0.1) is 7.11 Å². The number of hydrogen-bond acceptors (Lipinski definition) is 5. The molecule has 0 saturated heterocycles. The normalized spacial score (nSPS) is 10.8. The van der Waals surface area contributed by atoms with E-state index < -0.39 is 5.97 Å². The second-order valence-corrected chi connectivity index (χ2v) is 5.33. The van der Waals surface area contributed by atoms with E-state index >= 15 is 0 Å². The average Bonchev–Trinajstić information content (AvgIpc) is 2.34. The number of carbonyl (C=O) groups excluding carboxylic acids is 2. The van der Waals surface area contributed by atoms with Gasteiger partial charge in [-0.15, -0.1) is 0 Å². The van der Waals surface area contributed by atoms with Crippen LogP contribution in [-0.4, -0.2) is 31.1 Å². The van der Waals surface area contributed by atoms with Crippen molar-refractivity contribution in [1.29, 1.82) is 0 Å². The third-order valence-electron chi connectivity index (χ3n) is 2.28. The lowest BCUT2D eigenvalue weighted by Crippen LogP contribution is -2.43. The number of esters is 1. The Morgan fingerprint density at radius 1 is 1.30 bits per heavy atom. The Hall–Kier alpha value is -2.24. The monoisotopic (exact) mass is 280 g/mol. The molecule has 6 nitrogen and oxygen atoms in total. The van der Waals surface area contributed by atoms with Crippen LogP contribution in [0.5, 0.6) is 5.75 Å². The predicted molar refractivity (Wildman–Crippen MR) is 75.6 cm³/mol. The molecule has 0 aliphatic heterocycles. The van der Waals surface area contributed by atoms with Gasteiger partial charge in [-0.3, -0.25) is 4.79 Å². The van der Waals surface area contributed by atoms with Crippen LogP contribution in [0.1, 0.15) is 31.1 Å². The Morgan fingerprint density at radius 2 is 1.95 bits per heavy atom. The number of methoxy groups -OCH3 is 1. The molecule has 0 fully saturated rings. The van der Waals surface area contributed by atoms with Crippen LogP contribution in [0, 0.1) is 0 Å². The molecule has 0 saturated carbocycles. The summed E-state index contributed by atoms with van der Waals surface area (Å²) in [5, 5.41) is 2.76. The topological polar surface area (TPSA) is 90.7 Å². The van der Waals surface area contributed by atoms with Crippen molar-refractivity contribution >= 4 is 17.6 Å². The number of nitrogens with one attached hydrogen (secondary N) is 1. The zero-order chi connectivity index (χ0) is 15.3. The number of ether oxygens (including phenoxy) is 2. The molecule has 0 heterocycles. The van der Waals surface area contributed by atoms with E-state index in [1.807, 2.05) is 20.8 Å². The van der Waals surface area contributed by atoms with Gasteiger partial charge < -0.3 is 20.5 Å². The number of nitrogen functional groups attached to an aromatic ring is 1. The zero-order valence-corrected chi connectivity index (χ0v) is 12.1. The fourth-order valence-electron chi connectivity index (χ4n) is 1.54. The molecule has 0 aliphatic rings. The number of benzene rings is 1. The molecule has 110 valence electrons. The van der Waals surface area contributed by atoms with Crippen LogP contribution in [0.4, 0.5) is 5.69 Å². The second kappa shape index (κ2) is 6.27. The molecule has 0 radical (unpaired) electrons. The van der Waals surface area contributed by atoms with Gasteiger partial charge in [-0.1, -0.05) is 0 Å². The molecular weight excluding hydrogens is 260 g/mol. The average molecular weight is 280 g/mol. The van der Waals surface area contributed by atoms with Gasteiger partial charge in [0.25, 0.3) is 5.91 Å². The fraction of sp³-hybridized carbons (Fsp3) is 0.429. The van der Waals surface area contributed by atoms with Gasteiger partial charge in [0, 0.05) is 11.2 Å². The van der Waals surface area contributed by atoms with E-state index in [-0.39, 0.29) is 29.4 Å². The molecule has 0 atom stereocenters. The third-order valence-corrected chi connectivity index (χ3v) is 2.28. The van der Waals surface area contributed by atoms with Gasteiger partial charge in [0.1, 0.15) is 11.3 Å². The molecule has 0 aliphatic carbocycles. The number of nitrogens with two attached hydrogens (primary N) is 1. The highest BCUT2D eigenvalue weighted by atomic mass is 16.5. The molecule has 20 heavy (non-hydrogen) atoms. The van der Waals surface area contributed by atoms with Crippen LogP contribution >= 0.6 is 0 Å². The van der Waals surface area contributed by atoms with E-state index in [9.17, 15) is 9.59 Å². The number of anilines is 1. The first-order valence-electron chi connectivity index (χ1n) is 6.14. The molecule has 0 bridgehead atoms. The largest absolute Gasteiger partial charge is 0.483 e. The zero-order valence-electron chi connectivity index (χ0n) is 12.1. The smallest absolute Gasteiger partial charge is 0.341 e. The minimum Gasteiger partial charge on any atom is -0.483 e. The van der Waals surface area contributed by atoms with Crippen molar-refractivity contribution in [3.05, 3.63) is 23.8 Å². The summed E-state index contributed by atoms with van der Waals surface area (Å²) in [5.41, 5.74) is 5.88. The van der Waals surface area contributed by atoms with E-state index in [0.29, 0.717) is 5.69 Å². The molecule has 6 heteroatoms. The molecule has 0 unspecified atom stereocenters. The summed E-state index contributed by atoms with van der Waals surface area (Å²) in [6, 6.07) is 4.57. The lowest BCUT2D eigenvalue weighted by atomic mass is 10.1. The first-order chi connectivity index (χ1) is 9.23. The summed E-state index contributed by atoms with van der Waals surface area (Å²) in [5.74, 6) is -0.580. The van der Waals surface area contributed by atoms with Gasteiger partial charge >= 0.3 is 5.97 Å². The predicted octanol–water partition coefficient (Wildman–Crippen LogP) is 1.35. The Kier molecular flexibility index (Phi) is 4.96. The van der Waals surface area contributed by atoms with Gasteiger partial charge in [-0.25, -0.2) is 4.79 Å². The standard InChI is InChI=1S/C14H20N2O4/c1-14(2,3)16-12(17)8-20-11-6-5-9(15)7-10(11)13(18)19-4/h5-7H,8,15H2,1-4H3,(H,16,17). The van der Waals surface area contributed by atoms with Crippen LogP contribution in [0.15, 0.2) is 18.2 Å². The maximum absolute atomic E-state index is 11.7. The molecule has 1 aromatic carbocycles. The highest BCUT2D eigenvalue weighted by Gasteiger charge is 2.17. The molecular formula is C14H20N2O4. The Labute approximate surface area is 118 Å². The highest BCUT2D eigenvalue weighted by Crippen LogP contribution is 2.22. The Bertz CT molecular complexity index is 506. The fourth-order valence-corrected chi connectivity index (χ4v) is 1.54. The maximum atomic E-state index is 11.7. The van der Waals surface area contributed by atoms with Gasteiger partial charge in [-0.2, -0.15) is 0 Å². The molecule has 0 aromatic heterocycles. The summed E-state index contributed by atoms with van der Waals surface area (Å²) in [7, 11) is 1.27. The van der Waals surface area contributed by atoms with Crippen LogP contribution < -0.4 is 15.8 Å². The number of rotatable bonds is 4. The first-order valence-corrected chi connectivity index (χ1v) is 6.14. The Morgan fingerprint density at radius 3 is 2.50 bits per heavy atom. The lowest BCUT2D eigenvalue weighted by Gasteiger charge is -2.20. The minimum absolute atomic E-state index is 0.189. The van der Waals surface area contributed by atoms with Gasteiger partial charge in [0.2, 0.25) is 0 Å². The van der Waals surface area contributed by atoms with Crippen LogP contribution in [0.25, 0.3) is 0 Å². The molecule has 1 amide bonds. The van der Waals surface area contributed by atoms with E-state index in [2.05, 4.69) is 10.1 Å². The molecule has 1 rings (SSSR count). The van der Waals surface area contributed by atoms with Gasteiger partial charge in [-0.05, 0) is 39.0 Å². The van der Waals surface area contributed by atoms with Crippen molar-refractivity contribution in [3.63, 3.8) is 0 Å². The van der Waals surface area contributed by atoms with Crippen molar-refractivity contribution in [2.24, 2.45) is 0 Å². The molecule has 3 N–H and O–H groups in total. The summed E-state index contributed by atoms with van der Waals surface area (Å²) >= 11 is 0. The second-order valence-electron chi connectivity index (χ2n) is 5.33. The number of hydrogen-bond donors (Lipinski definition) is 2. The third kappa shape index (κ3) is 4.79. The van der Waals surface area contributed by atoms with Crippen LogP contribution in [0.3, 0.4) is 0 Å². The van der Waals surface area contributed by atoms with Crippen molar-refractivity contribution in [1.82, 2.24) is 5.32 Å². The SMILES string of the molecule is COC(=O)c1cc(N)ccc1OCC(=O)NC(C)(C)C. The van der Waals surface area contributed by atoms with E-state index in [1.54, 1.807) is 6.07 Å². The van der Waals surface area contributed by atoms with Crippen molar-refractivity contribution in [2.45, 2.75) is 26.3 Å². The summed E-state index contributed by atoms with van der Waals surface area (Å²) < 4.78 is 10.00. The molecule has 0 spiro atoms. The number of amides is 1. The molecule has 1 aromatic rings. The van der Waals surface area contributed by atoms with E-state index in [0.717, 1.165) is 0 Å². The minimum atomic E-state index is -0.566. The van der Waals surface area contributed by atoms with E-state index in [1.165, 1.54) is 19.2 Å². The maximum Gasteiger partial charge on any atom is 0.341 e.